The van der Waals surface area contributed by atoms with E-state index in [1.165, 1.54) is 5.69 Å². The molecule has 0 saturated carbocycles. The van der Waals surface area contributed by atoms with Gasteiger partial charge in [0.05, 0.1) is 0 Å². The summed E-state index contributed by atoms with van der Waals surface area (Å²) in [5, 5.41) is 1.14. The summed E-state index contributed by atoms with van der Waals surface area (Å²) in [5.41, 5.74) is 3.20. The van der Waals surface area contributed by atoms with E-state index in [0.717, 1.165) is 55.6 Å². The SMILES string of the molecule is CCN(CC)C(C(=O)N1CCCC(c2cc3cccnc3[nH]2)C1)c1ccccc1. The molecule has 5 nitrogen and oxygen atoms in total. The maximum Gasteiger partial charge on any atom is 0.244 e. The summed E-state index contributed by atoms with van der Waals surface area (Å²) < 4.78 is 0. The van der Waals surface area contributed by atoms with Crippen LogP contribution >= 0.6 is 0 Å². The van der Waals surface area contributed by atoms with Crippen LogP contribution in [0, 0.1) is 0 Å². The molecule has 4 rings (SSSR count). The van der Waals surface area contributed by atoms with Gasteiger partial charge in [-0.2, -0.15) is 0 Å². The number of nitrogens with zero attached hydrogens (tertiary/aromatic N) is 3. The van der Waals surface area contributed by atoms with Crippen LogP contribution in [0.5, 0.6) is 0 Å². The topological polar surface area (TPSA) is 52.2 Å². The van der Waals surface area contributed by atoms with Gasteiger partial charge in [-0.25, -0.2) is 4.98 Å². The lowest BCUT2D eigenvalue weighted by Gasteiger charge is -2.38. The molecule has 1 N–H and O–H groups in total. The molecule has 0 spiro atoms. The molecule has 1 aliphatic heterocycles. The van der Waals surface area contributed by atoms with E-state index in [0.29, 0.717) is 5.92 Å². The van der Waals surface area contributed by atoms with E-state index in [1.807, 2.05) is 30.5 Å². The summed E-state index contributed by atoms with van der Waals surface area (Å²) in [6.07, 6.45) is 3.94. The number of likely N-dealkylation sites (tertiary alicyclic amines) is 1. The largest absolute Gasteiger partial charge is 0.343 e. The summed E-state index contributed by atoms with van der Waals surface area (Å²) >= 11 is 0. The second-order valence-electron chi connectivity index (χ2n) is 7.82. The van der Waals surface area contributed by atoms with Crippen LogP contribution in [-0.2, 0) is 4.79 Å². The fourth-order valence-corrected chi connectivity index (χ4v) is 4.54. The second kappa shape index (κ2) is 8.78. The summed E-state index contributed by atoms with van der Waals surface area (Å²) in [7, 11) is 0. The molecule has 3 aromatic rings. The van der Waals surface area contributed by atoms with E-state index >= 15 is 0 Å². The molecule has 1 amide bonds. The third kappa shape index (κ3) is 4.06. The summed E-state index contributed by atoms with van der Waals surface area (Å²) in [4.78, 5) is 25.9. The molecule has 29 heavy (non-hydrogen) atoms. The molecule has 2 unspecified atom stereocenters. The Balaban J connectivity index is 1.57. The predicted molar refractivity (Wildman–Crippen MR) is 117 cm³/mol. The van der Waals surface area contributed by atoms with E-state index in [1.54, 1.807) is 0 Å². The van der Waals surface area contributed by atoms with E-state index in [-0.39, 0.29) is 11.9 Å². The quantitative estimate of drug-likeness (QED) is 0.681. The molecule has 1 fully saturated rings. The number of carbonyl (C=O) groups is 1. The number of benzene rings is 1. The lowest BCUT2D eigenvalue weighted by Crippen LogP contribution is -2.46. The summed E-state index contributed by atoms with van der Waals surface area (Å²) in [6.45, 7) is 7.56. The number of aromatic amines is 1. The maximum absolute atomic E-state index is 13.7. The van der Waals surface area contributed by atoms with Crippen molar-refractivity contribution in [1.29, 1.82) is 0 Å². The van der Waals surface area contributed by atoms with E-state index in [4.69, 9.17) is 0 Å². The molecule has 0 radical (unpaired) electrons. The minimum atomic E-state index is -0.214. The average molecular weight is 391 g/mol. The molecular weight excluding hydrogens is 360 g/mol. The number of likely N-dealkylation sites (N-methyl/N-ethyl adjacent to an activating group) is 1. The Bertz CT molecular complexity index is 915. The van der Waals surface area contributed by atoms with Crippen LogP contribution in [0.25, 0.3) is 11.0 Å². The first-order valence-corrected chi connectivity index (χ1v) is 10.7. The number of aromatic nitrogens is 2. The average Bonchev–Trinajstić information content (AvgIpc) is 3.22. The first-order chi connectivity index (χ1) is 14.2. The van der Waals surface area contributed by atoms with Crippen LogP contribution in [0.4, 0.5) is 0 Å². The van der Waals surface area contributed by atoms with Crippen LogP contribution in [0.2, 0.25) is 0 Å². The molecule has 1 aromatic carbocycles. The number of carbonyl (C=O) groups excluding carboxylic acids is 1. The van der Waals surface area contributed by atoms with Crippen molar-refractivity contribution in [1.82, 2.24) is 19.8 Å². The molecule has 1 aliphatic rings. The highest BCUT2D eigenvalue weighted by atomic mass is 16.2. The van der Waals surface area contributed by atoms with Crippen molar-refractivity contribution in [2.45, 2.75) is 38.6 Å². The number of hydrogen-bond donors (Lipinski definition) is 1. The van der Waals surface area contributed by atoms with Gasteiger partial charge in [0.2, 0.25) is 5.91 Å². The number of rotatable bonds is 6. The van der Waals surface area contributed by atoms with Gasteiger partial charge in [-0.15, -0.1) is 0 Å². The van der Waals surface area contributed by atoms with Gasteiger partial charge in [-0.3, -0.25) is 9.69 Å². The highest BCUT2D eigenvalue weighted by Crippen LogP contribution is 2.31. The van der Waals surface area contributed by atoms with Crippen LogP contribution in [0.1, 0.15) is 49.9 Å². The third-order valence-electron chi connectivity index (χ3n) is 6.11. The van der Waals surface area contributed by atoms with Crippen molar-refractivity contribution < 1.29 is 4.79 Å². The van der Waals surface area contributed by atoms with E-state index in [9.17, 15) is 4.79 Å². The Hall–Kier alpha value is -2.66. The highest BCUT2D eigenvalue weighted by Gasteiger charge is 2.33. The number of amides is 1. The first kappa shape index (κ1) is 19.6. The molecular formula is C24H30N4O. The molecule has 0 bridgehead atoms. The first-order valence-electron chi connectivity index (χ1n) is 10.7. The van der Waals surface area contributed by atoms with Gasteiger partial charge >= 0.3 is 0 Å². The highest BCUT2D eigenvalue weighted by molar-refractivity contribution is 5.83. The van der Waals surface area contributed by atoms with Crippen LogP contribution in [-0.4, -0.2) is 51.9 Å². The summed E-state index contributed by atoms with van der Waals surface area (Å²) in [6, 6.07) is 16.2. The van der Waals surface area contributed by atoms with Crippen molar-refractivity contribution in [2.75, 3.05) is 26.2 Å². The van der Waals surface area contributed by atoms with E-state index in [2.05, 4.69) is 57.9 Å². The fourth-order valence-electron chi connectivity index (χ4n) is 4.54. The lowest BCUT2D eigenvalue weighted by molar-refractivity contribution is -0.138. The van der Waals surface area contributed by atoms with Gasteiger partial charge in [0.1, 0.15) is 11.7 Å². The zero-order valence-electron chi connectivity index (χ0n) is 17.3. The van der Waals surface area contributed by atoms with Crippen molar-refractivity contribution in [3.05, 3.63) is 66.0 Å². The fraction of sp³-hybridized carbons (Fsp3) is 0.417. The van der Waals surface area contributed by atoms with Crippen LogP contribution in [0.15, 0.2) is 54.7 Å². The van der Waals surface area contributed by atoms with Crippen molar-refractivity contribution in [2.24, 2.45) is 0 Å². The number of fused-ring (bicyclic) bond motifs is 1. The van der Waals surface area contributed by atoms with E-state index < -0.39 is 0 Å². The number of H-pyrrole nitrogens is 1. The minimum Gasteiger partial charge on any atom is -0.343 e. The van der Waals surface area contributed by atoms with Gasteiger partial charge < -0.3 is 9.88 Å². The van der Waals surface area contributed by atoms with Crippen molar-refractivity contribution in [3.63, 3.8) is 0 Å². The number of piperidine rings is 1. The van der Waals surface area contributed by atoms with Crippen molar-refractivity contribution in [3.8, 4) is 0 Å². The Morgan fingerprint density at radius 1 is 1.21 bits per heavy atom. The van der Waals surface area contributed by atoms with Crippen molar-refractivity contribution >= 4 is 16.9 Å². The zero-order valence-corrected chi connectivity index (χ0v) is 17.3. The monoisotopic (exact) mass is 390 g/mol. The standard InChI is InChI=1S/C24H30N4O/c1-3-27(4-2)22(18-10-6-5-7-11-18)24(29)28-15-9-13-20(17-28)21-16-19-12-8-14-25-23(19)26-21/h5-8,10-12,14,16,20,22H,3-4,9,13,15,17H2,1-2H3,(H,25,26). The normalized spacial score (nSPS) is 18.3. The smallest absolute Gasteiger partial charge is 0.244 e. The second-order valence-corrected chi connectivity index (χ2v) is 7.82. The Kier molecular flexibility index (Phi) is 5.95. The number of hydrogen-bond acceptors (Lipinski definition) is 3. The number of nitrogens with one attached hydrogen (secondary N) is 1. The molecule has 3 heterocycles. The Morgan fingerprint density at radius 3 is 2.72 bits per heavy atom. The maximum atomic E-state index is 13.7. The zero-order chi connectivity index (χ0) is 20.2. The van der Waals surface area contributed by atoms with Crippen LogP contribution in [0.3, 0.4) is 0 Å². The van der Waals surface area contributed by atoms with Gasteiger partial charge in [0, 0.05) is 36.3 Å². The molecule has 1 saturated heterocycles. The molecule has 5 heteroatoms. The molecule has 2 aromatic heterocycles. The van der Waals surface area contributed by atoms with Gasteiger partial charge in [0.25, 0.3) is 0 Å². The van der Waals surface area contributed by atoms with Gasteiger partial charge in [-0.1, -0.05) is 44.2 Å². The number of pyridine rings is 1. The van der Waals surface area contributed by atoms with Gasteiger partial charge in [0.15, 0.2) is 0 Å². The summed E-state index contributed by atoms with van der Waals surface area (Å²) in [5.74, 6) is 0.550. The Labute approximate surface area is 172 Å². The Morgan fingerprint density at radius 2 is 2.00 bits per heavy atom. The minimum absolute atomic E-state index is 0.214. The predicted octanol–water partition coefficient (Wildman–Crippen LogP) is 4.35. The lowest BCUT2D eigenvalue weighted by atomic mass is 9.93. The van der Waals surface area contributed by atoms with Crippen LogP contribution < -0.4 is 0 Å². The molecule has 0 aliphatic carbocycles. The van der Waals surface area contributed by atoms with Gasteiger partial charge in [-0.05, 0) is 49.7 Å². The third-order valence-corrected chi connectivity index (χ3v) is 6.11. The molecule has 152 valence electrons. The molecule has 2 atom stereocenters.